The van der Waals surface area contributed by atoms with Gasteiger partial charge in [0.25, 0.3) is 5.91 Å². The standard InChI is InChI=1S/C31H44IN3O8/c1-17-13-21-26(34-12-8-11-32)23(36)16-22(28(21)38)35-30(39)18(2)9-7-10-24(41-5)29(43-31(33)40)20(4)15-19(3)27(37)25(14-17)42-6/h7,9-10,15-17,19,24-25,27,29,34,37H,8,11-14H2,1-6H3,(H2,33,40)(H,35,39)/b10-7-,18-9-,20-15-/t17-,19+,24+,25+,27-,29+/m1/s1. The number of aliphatic hydroxyl groups is 1. The van der Waals surface area contributed by atoms with E-state index in [1.54, 1.807) is 32.1 Å². The number of methoxy groups -OCH3 is 2. The normalized spacial score (nSPS) is 31.3. The second-order valence-corrected chi connectivity index (χ2v) is 12.0. The van der Waals surface area contributed by atoms with Gasteiger partial charge in [0.05, 0.1) is 23.6 Å². The zero-order chi connectivity index (χ0) is 32.3. The van der Waals surface area contributed by atoms with E-state index in [1.165, 1.54) is 20.3 Å². The minimum atomic E-state index is -0.995. The zero-order valence-electron chi connectivity index (χ0n) is 25.6. The summed E-state index contributed by atoms with van der Waals surface area (Å²) in [5, 5.41) is 17.0. The molecule has 0 fully saturated rings. The van der Waals surface area contributed by atoms with Gasteiger partial charge in [0, 0.05) is 48.3 Å². The number of Topliss-reactive ketones (excluding diaryl/α,β-unsaturated/α-hetero) is 1. The van der Waals surface area contributed by atoms with Gasteiger partial charge in [0.1, 0.15) is 6.10 Å². The first-order valence-corrected chi connectivity index (χ1v) is 15.7. The summed E-state index contributed by atoms with van der Waals surface area (Å²) in [6.45, 7) is 7.55. The van der Waals surface area contributed by atoms with Crippen molar-refractivity contribution >= 4 is 46.2 Å². The Kier molecular flexibility index (Phi) is 14.8. The van der Waals surface area contributed by atoms with Crippen molar-refractivity contribution in [3.63, 3.8) is 0 Å². The largest absolute Gasteiger partial charge is 0.439 e. The van der Waals surface area contributed by atoms with Gasteiger partial charge in [0.15, 0.2) is 6.10 Å². The van der Waals surface area contributed by atoms with Crippen LogP contribution in [0.15, 0.2) is 58.5 Å². The van der Waals surface area contributed by atoms with E-state index in [0.717, 1.165) is 16.9 Å². The molecular weight excluding hydrogens is 669 g/mol. The number of halogens is 1. The first kappa shape index (κ1) is 36.4. The van der Waals surface area contributed by atoms with Gasteiger partial charge in [-0.1, -0.05) is 60.7 Å². The van der Waals surface area contributed by atoms with Crippen LogP contribution in [-0.4, -0.2) is 78.3 Å². The highest BCUT2D eigenvalue weighted by atomic mass is 127. The summed E-state index contributed by atoms with van der Waals surface area (Å²) in [5.41, 5.74) is 6.61. The molecule has 0 aromatic rings. The van der Waals surface area contributed by atoms with Crippen molar-refractivity contribution in [2.75, 3.05) is 25.2 Å². The number of aliphatic hydroxyl groups excluding tert-OH is 1. The van der Waals surface area contributed by atoms with Crippen molar-refractivity contribution in [3.05, 3.63) is 58.5 Å². The molecule has 0 saturated carbocycles. The van der Waals surface area contributed by atoms with Crippen LogP contribution in [-0.2, 0) is 28.6 Å². The van der Waals surface area contributed by atoms with Gasteiger partial charge < -0.3 is 35.7 Å². The summed E-state index contributed by atoms with van der Waals surface area (Å²) in [5.74, 6) is -2.00. The highest BCUT2D eigenvalue weighted by Gasteiger charge is 2.33. The Bertz CT molecular complexity index is 1210. The third kappa shape index (κ3) is 10.4. The van der Waals surface area contributed by atoms with Crippen LogP contribution < -0.4 is 16.4 Å². The number of primary amides is 1. The van der Waals surface area contributed by atoms with E-state index in [-0.39, 0.29) is 40.7 Å². The molecule has 1 aliphatic carbocycles. The lowest BCUT2D eigenvalue weighted by atomic mass is 9.85. The number of ether oxygens (including phenoxy) is 3. The smallest absolute Gasteiger partial charge is 0.405 e. The molecule has 0 radical (unpaired) electrons. The van der Waals surface area contributed by atoms with Crippen LogP contribution in [0.5, 0.6) is 0 Å². The summed E-state index contributed by atoms with van der Waals surface area (Å²) < 4.78 is 17.5. The lowest BCUT2D eigenvalue weighted by Crippen LogP contribution is -2.38. The summed E-state index contributed by atoms with van der Waals surface area (Å²) in [7, 11) is 2.94. The molecule has 0 aromatic carbocycles. The first-order chi connectivity index (χ1) is 20.3. The molecule has 6 atom stereocenters. The number of hydrogen-bond donors (Lipinski definition) is 4. The molecule has 2 bridgehead atoms. The van der Waals surface area contributed by atoms with Crippen molar-refractivity contribution < 1.29 is 38.5 Å². The van der Waals surface area contributed by atoms with Gasteiger partial charge >= 0.3 is 6.09 Å². The average Bonchev–Trinajstić information content (AvgIpc) is 2.95. The third-order valence-corrected chi connectivity index (χ3v) is 8.17. The Labute approximate surface area is 267 Å². The Balaban J connectivity index is 2.61. The van der Waals surface area contributed by atoms with Gasteiger partial charge in [-0.2, -0.15) is 0 Å². The Morgan fingerprint density at radius 2 is 1.88 bits per heavy atom. The molecule has 0 saturated heterocycles. The summed E-state index contributed by atoms with van der Waals surface area (Å²) >= 11 is 2.24. The van der Waals surface area contributed by atoms with Crippen molar-refractivity contribution in [1.82, 2.24) is 10.6 Å². The molecule has 5 N–H and O–H groups in total. The Morgan fingerprint density at radius 1 is 1.19 bits per heavy atom. The van der Waals surface area contributed by atoms with E-state index in [2.05, 4.69) is 33.2 Å². The van der Waals surface area contributed by atoms with E-state index >= 15 is 0 Å². The fourth-order valence-corrected chi connectivity index (χ4v) is 5.44. The molecule has 0 aromatic heterocycles. The number of ketones is 2. The Hall–Kier alpha value is -2.81. The summed E-state index contributed by atoms with van der Waals surface area (Å²) in [4.78, 5) is 51.6. The molecular formula is C31H44IN3O8. The minimum absolute atomic E-state index is 0.104. The molecule has 12 heteroatoms. The molecule has 43 heavy (non-hydrogen) atoms. The second-order valence-electron chi connectivity index (χ2n) is 10.9. The minimum Gasteiger partial charge on any atom is -0.439 e. The van der Waals surface area contributed by atoms with E-state index in [9.17, 15) is 24.3 Å². The van der Waals surface area contributed by atoms with Crippen molar-refractivity contribution in [2.45, 2.75) is 71.4 Å². The molecule has 238 valence electrons. The molecule has 2 rings (SSSR count). The van der Waals surface area contributed by atoms with Crippen LogP contribution in [0, 0.1) is 11.8 Å². The fraction of sp³-hybridized carbons (Fsp3) is 0.548. The highest BCUT2D eigenvalue weighted by Crippen LogP contribution is 2.29. The number of carbonyl (C=O) groups is 4. The summed E-state index contributed by atoms with van der Waals surface area (Å²) in [6, 6.07) is 0. The average molecular weight is 714 g/mol. The number of amides is 2. The van der Waals surface area contributed by atoms with E-state index in [0.29, 0.717) is 18.5 Å². The number of nitrogens with two attached hydrogens (primary N) is 1. The predicted molar refractivity (Wildman–Crippen MR) is 171 cm³/mol. The SMILES string of the molecule is CO[C@H]1/C=C\C=C(\C)C(=O)NC2=CC(=O)C(NCCCI)=C(C[C@@H](C)C[C@H](OC)[C@H](O)[C@@H](C)/C=C(/C)[C@@H]1OC(N)=O)C2=O. The van der Waals surface area contributed by atoms with Crippen LogP contribution in [0.3, 0.4) is 0 Å². The molecule has 2 amide bonds. The molecule has 1 aliphatic heterocycles. The van der Waals surface area contributed by atoms with Gasteiger partial charge in [-0.15, -0.1) is 0 Å². The first-order valence-electron chi connectivity index (χ1n) is 14.2. The van der Waals surface area contributed by atoms with Gasteiger partial charge in [-0.3, -0.25) is 14.4 Å². The second kappa shape index (κ2) is 17.5. The monoisotopic (exact) mass is 713 g/mol. The van der Waals surface area contributed by atoms with Gasteiger partial charge in [0.2, 0.25) is 11.6 Å². The van der Waals surface area contributed by atoms with Crippen molar-refractivity contribution in [1.29, 1.82) is 0 Å². The maximum absolute atomic E-state index is 13.6. The molecule has 11 nitrogen and oxygen atoms in total. The lowest BCUT2D eigenvalue weighted by Gasteiger charge is -2.30. The molecule has 0 spiro atoms. The molecule has 1 heterocycles. The lowest BCUT2D eigenvalue weighted by molar-refractivity contribution is -0.120. The summed E-state index contributed by atoms with van der Waals surface area (Å²) in [6.07, 6.45) is 4.76. The van der Waals surface area contributed by atoms with Crippen LogP contribution in [0.4, 0.5) is 4.79 Å². The number of nitrogens with one attached hydrogen (secondary N) is 2. The van der Waals surface area contributed by atoms with Gasteiger partial charge in [-0.05, 0) is 44.6 Å². The van der Waals surface area contributed by atoms with E-state index in [1.807, 2.05) is 13.8 Å². The molecule has 0 unspecified atom stereocenters. The van der Waals surface area contributed by atoms with Crippen LogP contribution in [0.25, 0.3) is 0 Å². The number of rotatable bonds is 7. The number of fused-ring (bicyclic) bond motifs is 2. The van der Waals surface area contributed by atoms with E-state index < -0.39 is 48.1 Å². The molecule has 2 aliphatic rings. The fourth-order valence-electron chi connectivity index (χ4n) is 5.06. The predicted octanol–water partition coefficient (Wildman–Crippen LogP) is 3.18. The maximum Gasteiger partial charge on any atom is 0.405 e. The van der Waals surface area contributed by atoms with E-state index in [4.69, 9.17) is 19.9 Å². The Morgan fingerprint density at radius 3 is 2.49 bits per heavy atom. The number of alkyl halides is 1. The number of allylic oxidation sites excluding steroid dienone is 4. The van der Waals surface area contributed by atoms with Crippen LogP contribution in [0.2, 0.25) is 0 Å². The topological polar surface area (TPSA) is 166 Å². The van der Waals surface area contributed by atoms with Crippen molar-refractivity contribution in [3.8, 4) is 0 Å². The van der Waals surface area contributed by atoms with Crippen LogP contribution >= 0.6 is 22.6 Å². The van der Waals surface area contributed by atoms with Crippen LogP contribution in [0.1, 0.15) is 47.0 Å². The van der Waals surface area contributed by atoms with Gasteiger partial charge in [-0.25, -0.2) is 4.79 Å². The highest BCUT2D eigenvalue weighted by molar-refractivity contribution is 14.1. The third-order valence-electron chi connectivity index (χ3n) is 7.41. The number of carbonyl (C=O) groups excluding carboxylic acids is 4. The zero-order valence-corrected chi connectivity index (χ0v) is 27.8. The number of hydrogen-bond acceptors (Lipinski definition) is 9. The van der Waals surface area contributed by atoms with Crippen molar-refractivity contribution in [2.24, 2.45) is 17.6 Å². The maximum atomic E-state index is 13.6. The quantitative estimate of drug-likeness (QED) is 0.102.